The lowest BCUT2D eigenvalue weighted by Crippen LogP contribution is -2.49. The fourth-order valence-electron chi connectivity index (χ4n) is 6.68. The van der Waals surface area contributed by atoms with E-state index in [9.17, 15) is 10.0 Å². The van der Waals surface area contributed by atoms with E-state index in [4.69, 9.17) is 0 Å². The molecule has 0 fully saturated rings. The van der Waals surface area contributed by atoms with E-state index in [1.807, 2.05) is 69.3 Å². The van der Waals surface area contributed by atoms with Gasteiger partial charge in [0.15, 0.2) is 0 Å². The minimum atomic E-state index is -5.77. The summed E-state index contributed by atoms with van der Waals surface area (Å²) in [6.07, 6.45) is 1.85. The molecule has 5 aromatic rings. The highest BCUT2D eigenvalue weighted by molar-refractivity contribution is 7.90. The zero-order valence-corrected chi connectivity index (χ0v) is 33.8. The number of halogens is 6. The van der Waals surface area contributed by atoms with Gasteiger partial charge >= 0.3 is 17.8 Å². The Labute approximate surface area is 337 Å². The van der Waals surface area contributed by atoms with E-state index in [-0.39, 0.29) is 32.0 Å². The van der Waals surface area contributed by atoms with Crippen LogP contribution in [0.1, 0.15) is 86.2 Å². The molecule has 0 saturated heterocycles. The van der Waals surface area contributed by atoms with Gasteiger partial charge in [-0.2, -0.15) is 26.3 Å². The molecule has 0 spiro atoms. The van der Waals surface area contributed by atoms with Crippen molar-refractivity contribution in [1.29, 1.82) is 0 Å². The maximum Gasteiger partial charge on any atom is 0.380 e. The van der Waals surface area contributed by atoms with Crippen LogP contribution in [0.5, 0.6) is 5.75 Å². The minimum Gasteiger partial charge on any atom is -0.508 e. The van der Waals surface area contributed by atoms with Gasteiger partial charge in [-0.05, 0) is 104 Å². The van der Waals surface area contributed by atoms with Crippen LogP contribution in [0.3, 0.4) is 0 Å². The summed E-state index contributed by atoms with van der Waals surface area (Å²) in [5.41, 5.74) is 0.704. The number of thiophene rings is 1. The number of aromatic hydroxyl groups is 1. The van der Waals surface area contributed by atoms with Crippen LogP contribution in [0.25, 0.3) is 32.6 Å². The smallest absolute Gasteiger partial charge is 0.380 e. The van der Waals surface area contributed by atoms with Crippen molar-refractivity contribution in [3.05, 3.63) is 158 Å². The van der Waals surface area contributed by atoms with Crippen LogP contribution in [0, 0.1) is 4.91 Å². The maximum absolute atomic E-state index is 16.4. The molecule has 1 aromatic heterocycles. The maximum atomic E-state index is 16.4. The molecule has 296 valence electrons. The Hall–Kier alpha value is -4.87. The lowest BCUT2D eigenvalue weighted by molar-refractivity contribution is -0.260. The van der Waals surface area contributed by atoms with E-state index in [1.54, 1.807) is 6.08 Å². The third kappa shape index (κ3) is 8.01. The van der Waals surface area contributed by atoms with Crippen molar-refractivity contribution in [3.8, 4) is 16.2 Å². The Morgan fingerprint density at radius 1 is 0.737 bits per heavy atom. The SMILES string of the molecule is CC(C)(C)c1ccc(/C=C(\c2ccc(C(C)(C)C)cc2)c2sc(-c3ccc(O)cc3)cc2C2=C(C/C=C(\S)c3ccc(N=O)cc3)C(F)(F)C(F)(F)C2(F)F)cc1. The predicted octanol–water partition coefficient (Wildman–Crippen LogP) is 14.7. The van der Waals surface area contributed by atoms with E-state index in [0.29, 0.717) is 32.7 Å². The average molecular weight is 818 g/mol. The number of nitrogens with zero attached hydrogens (tertiary/aromatic N) is 1. The molecule has 0 amide bonds. The number of nitroso groups, excluding NO2 is 1. The van der Waals surface area contributed by atoms with Gasteiger partial charge in [-0.1, -0.05) is 108 Å². The Balaban J connectivity index is 1.65. The molecule has 0 bridgehead atoms. The van der Waals surface area contributed by atoms with Crippen molar-refractivity contribution in [2.45, 2.75) is 76.6 Å². The van der Waals surface area contributed by atoms with Crippen molar-refractivity contribution in [3.63, 3.8) is 0 Å². The summed E-state index contributed by atoms with van der Waals surface area (Å²) in [7, 11) is 0. The average Bonchev–Trinajstić information content (AvgIpc) is 3.62. The summed E-state index contributed by atoms with van der Waals surface area (Å²) in [5.74, 6) is -16.4. The van der Waals surface area contributed by atoms with Gasteiger partial charge in [-0.25, -0.2) is 0 Å². The molecular weight excluding hydrogens is 777 g/mol. The van der Waals surface area contributed by atoms with E-state index in [1.165, 1.54) is 54.6 Å². The van der Waals surface area contributed by atoms with Crippen molar-refractivity contribution >= 4 is 51.8 Å². The van der Waals surface area contributed by atoms with Crippen molar-refractivity contribution in [2.75, 3.05) is 0 Å². The Morgan fingerprint density at radius 3 is 1.79 bits per heavy atom. The number of rotatable bonds is 9. The molecule has 3 nitrogen and oxygen atoms in total. The van der Waals surface area contributed by atoms with Crippen LogP contribution in [0.15, 0.2) is 120 Å². The molecule has 0 saturated carbocycles. The van der Waals surface area contributed by atoms with Crippen LogP contribution >= 0.6 is 24.0 Å². The molecule has 0 atom stereocenters. The van der Waals surface area contributed by atoms with E-state index in [0.717, 1.165) is 28.5 Å². The van der Waals surface area contributed by atoms with Gasteiger partial charge in [0.05, 0.1) is 0 Å². The number of alkyl halides is 6. The van der Waals surface area contributed by atoms with E-state index >= 15 is 26.3 Å². The summed E-state index contributed by atoms with van der Waals surface area (Å²) < 4.78 is 96.1. The Bertz CT molecular complexity index is 2380. The second-order valence-electron chi connectivity index (χ2n) is 16.2. The van der Waals surface area contributed by atoms with Crippen LogP contribution in [-0.4, -0.2) is 22.9 Å². The number of thiol groups is 1. The van der Waals surface area contributed by atoms with E-state index in [2.05, 4.69) is 38.6 Å². The van der Waals surface area contributed by atoms with Gasteiger partial charge in [0.25, 0.3) is 0 Å². The van der Waals surface area contributed by atoms with Crippen LogP contribution in [0.2, 0.25) is 0 Å². The number of hydrogen-bond acceptors (Lipinski definition) is 5. The minimum absolute atomic E-state index is 0.0437. The van der Waals surface area contributed by atoms with Crippen molar-refractivity contribution < 1.29 is 31.4 Å². The fraction of sp³-hybridized carbons (Fsp3) is 0.261. The largest absolute Gasteiger partial charge is 0.508 e. The standard InChI is InChI=1S/C46H41F6NO2S2/c1-42(2,3)31-15-7-27(8-16-31)25-35(28-9-17-32(18-10-28)43(4,5)6)41-36(26-39(57-41)30-13-21-34(54)22-14-30)40-37(44(47,48)46(51,52)45(40,49)50)23-24-38(56)29-11-19-33(53-55)20-12-29/h7-22,24-26,54,56H,23H2,1-6H3/b35-25+,38-24-. The second kappa shape index (κ2) is 15.1. The van der Waals surface area contributed by atoms with Gasteiger partial charge in [-0.15, -0.1) is 28.9 Å². The first-order chi connectivity index (χ1) is 26.6. The lowest BCUT2D eigenvalue weighted by atomic mass is 9.85. The van der Waals surface area contributed by atoms with Gasteiger partial charge in [0, 0.05) is 36.9 Å². The highest BCUT2D eigenvalue weighted by Crippen LogP contribution is 2.64. The number of phenolic OH excluding ortho intramolecular Hbond substituents is 1. The predicted molar refractivity (Wildman–Crippen MR) is 224 cm³/mol. The topological polar surface area (TPSA) is 49.7 Å². The summed E-state index contributed by atoms with van der Waals surface area (Å²) in [5, 5.41) is 12.8. The van der Waals surface area contributed by atoms with Crippen LogP contribution in [-0.2, 0) is 10.8 Å². The van der Waals surface area contributed by atoms with Crippen LogP contribution < -0.4 is 0 Å². The molecule has 1 N–H and O–H groups in total. The lowest BCUT2D eigenvalue weighted by Gasteiger charge is -2.26. The molecule has 0 aliphatic heterocycles. The normalized spacial score (nSPS) is 16.9. The first-order valence-corrected chi connectivity index (χ1v) is 19.4. The fourth-order valence-corrected chi connectivity index (χ4v) is 8.13. The summed E-state index contributed by atoms with van der Waals surface area (Å²) in [6.45, 7) is 12.3. The molecule has 6 rings (SSSR count). The summed E-state index contributed by atoms with van der Waals surface area (Å²) in [6, 6.07) is 27.7. The molecular formula is C46H41F6NO2S2. The molecule has 4 aromatic carbocycles. The molecule has 1 heterocycles. The quantitative estimate of drug-likeness (QED) is 0.0674. The highest BCUT2D eigenvalue weighted by atomic mass is 32.1. The number of hydrogen-bond donors (Lipinski definition) is 2. The molecule has 11 heteroatoms. The highest BCUT2D eigenvalue weighted by Gasteiger charge is 2.80. The Kier molecular flexibility index (Phi) is 11.1. The first kappa shape index (κ1) is 41.8. The van der Waals surface area contributed by atoms with Crippen LogP contribution in [0.4, 0.5) is 32.0 Å². The zero-order valence-electron chi connectivity index (χ0n) is 32.1. The number of allylic oxidation sites excluding steroid dienone is 3. The number of phenols is 1. The first-order valence-electron chi connectivity index (χ1n) is 18.1. The molecule has 57 heavy (non-hydrogen) atoms. The third-order valence-corrected chi connectivity index (χ3v) is 11.8. The Morgan fingerprint density at radius 2 is 1.26 bits per heavy atom. The molecule has 1 aliphatic carbocycles. The summed E-state index contributed by atoms with van der Waals surface area (Å²) >= 11 is 5.37. The van der Waals surface area contributed by atoms with Gasteiger partial charge in [0.2, 0.25) is 0 Å². The second-order valence-corrected chi connectivity index (χ2v) is 17.7. The zero-order chi connectivity index (χ0) is 41.7. The van der Waals surface area contributed by atoms with E-state index < -0.39 is 40.9 Å². The summed E-state index contributed by atoms with van der Waals surface area (Å²) in [4.78, 5) is 11.4. The van der Waals surface area contributed by atoms with Crippen molar-refractivity contribution in [1.82, 2.24) is 0 Å². The van der Waals surface area contributed by atoms with Gasteiger partial charge in [0.1, 0.15) is 11.4 Å². The number of benzene rings is 4. The molecule has 1 aliphatic rings. The molecule has 0 radical (unpaired) electrons. The molecule has 0 unspecified atom stereocenters. The van der Waals surface area contributed by atoms with Crippen molar-refractivity contribution in [2.24, 2.45) is 5.18 Å². The van der Waals surface area contributed by atoms with Gasteiger partial charge in [-0.3, -0.25) is 0 Å². The van der Waals surface area contributed by atoms with Gasteiger partial charge < -0.3 is 5.11 Å². The third-order valence-electron chi connectivity index (χ3n) is 10.1. The monoisotopic (exact) mass is 817 g/mol.